The first-order chi connectivity index (χ1) is 7.05. The molecule has 3 N–H and O–H groups in total. The van der Waals surface area contributed by atoms with Gasteiger partial charge < -0.3 is 20.3 Å². The van der Waals surface area contributed by atoms with E-state index in [1.807, 2.05) is 0 Å². The highest BCUT2D eigenvalue weighted by Crippen LogP contribution is 2.14. The molecule has 0 aromatic carbocycles. The van der Waals surface area contributed by atoms with Crippen molar-refractivity contribution in [1.29, 1.82) is 0 Å². The van der Waals surface area contributed by atoms with Crippen molar-refractivity contribution in [3.63, 3.8) is 0 Å². The predicted molar refractivity (Wildman–Crippen MR) is 54.3 cm³/mol. The van der Waals surface area contributed by atoms with E-state index >= 15 is 0 Å². The van der Waals surface area contributed by atoms with Crippen LogP contribution in [-0.2, 0) is 9.53 Å². The first kappa shape index (κ1) is 12.4. The van der Waals surface area contributed by atoms with Crippen molar-refractivity contribution in [1.82, 2.24) is 5.32 Å². The fourth-order valence-corrected chi connectivity index (χ4v) is 1.44. The molecular weight excluding hydrogens is 198 g/mol. The minimum absolute atomic E-state index is 0.0201. The monoisotopic (exact) mass is 217 g/mol. The molecule has 0 aliphatic carbocycles. The highest BCUT2D eigenvalue weighted by molar-refractivity contribution is 5.78. The predicted octanol–water partition coefficient (Wildman–Crippen LogP) is -0.728. The molecule has 1 aliphatic rings. The number of aliphatic hydroxyl groups excluding tert-OH is 1. The van der Waals surface area contributed by atoms with Crippen LogP contribution in [0.1, 0.15) is 19.8 Å². The van der Waals surface area contributed by atoms with Gasteiger partial charge in [-0.3, -0.25) is 4.79 Å². The third-order valence-electron chi connectivity index (χ3n) is 2.58. The van der Waals surface area contributed by atoms with Gasteiger partial charge in [0, 0.05) is 25.7 Å². The molecule has 5 nitrogen and oxygen atoms in total. The van der Waals surface area contributed by atoms with Crippen molar-refractivity contribution < 1.29 is 19.7 Å². The molecule has 1 atom stereocenters. The molecule has 1 aliphatic heterocycles. The number of hydrogen-bond donors (Lipinski definition) is 3. The molecule has 1 saturated heterocycles. The molecule has 0 bridgehead atoms. The Bertz CT molecular complexity index is 211. The molecule has 1 rings (SSSR count). The van der Waals surface area contributed by atoms with Gasteiger partial charge in [-0.25, -0.2) is 0 Å². The second kappa shape index (κ2) is 5.44. The van der Waals surface area contributed by atoms with Gasteiger partial charge in [-0.05, 0) is 19.8 Å². The van der Waals surface area contributed by atoms with E-state index in [0.29, 0.717) is 13.2 Å². The van der Waals surface area contributed by atoms with Gasteiger partial charge in [0.2, 0.25) is 5.91 Å². The molecule has 1 fully saturated rings. The van der Waals surface area contributed by atoms with Crippen LogP contribution < -0.4 is 5.32 Å². The molecular formula is C10H19NO4. The van der Waals surface area contributed by atoms with Gasteiger partial charge in [0.05, 0.1) is 6.61 Å². The van der Waals surface area contributed by atoms with Crippen LogP contribution in [0.15, 0.2) is 0 Å². The number of hydrogen-bond acceptors (Lipinski definition) is 4. The lowest BCUT2D eigenvalue weighted by Gasteiger charge is -2.25. The standard InChI is InChI=1S/C10H19NO4/c1-10(14,7-12)6-11-9(13)8-2-4-15-5-3-8/h8,12,14H,2-7H2,1H3,(H,11,13). The fraction of sp³-hybridized carbons (Fsp3) is 0.900. The second-order valence-electron chi connectivity index (χ2n) is 4.26. The Hall–Kier alpha value is -0.650. The van der Waals surface area contributed by atoms with Crippen LogP contribution in [0, 0.1) is 5.92 Å². The molecule has 1 unspecified atom stereocenters. The Kier molecular flexibility index (Phi) is 4.50. The second-order valence-corrected chi connectivity index (χ2v) is 4.26. The summed E-state index contributed by atoms with van der Waals surface area (Å²) < 4.78 is 5.15. The average Bonchev–Trinajstić information content (AvgIpc) is 2.27. The highest BCUT2D eigenvalue weighted by Gasteiger charge is 2.24. The van der Waals surface area contributed by atoms with Crippen molar-refractivity contribution in [2.45, 2.75) is 25.4 Å². The van der Waals surface area contributed by atoms with Gasteiger partial charge in [-0.1, -0.05) is 0 Å². The Morgan fingerprint density at radius 3 is 2.67 bits per heavy atom. The van der Waals surface area contributed by atoms with Crippen molar-refractivity contribution in [3.8, 4) is 0 Å². The van der Waals surface area contributed by atoms with Crippen LogP contribution in [-0.4, -0.2) is 48.1 Å². The number of rotatable bonds is 4. The normalized spacial score (nSPS) is 22.1. The molecule has 1 heterocycles. The van der Waals surface area contributed by atoms with Crippen molar-refractivity contribution in [2.75, 3.05) is 26.4 Å². The molecule has 0 saturated carbocycles. The van der Waals surface area contributed by atoms with Crippen LogP contribution in [0.4, 0.5) is 0 Å². The minimum atomic E-state index is -1.24. The third kappa shape index (κ3) is 4.15. The van der Waals surface area contributed by atoms with Gasteiger partial charge in [0.1, 0.15) is 5.60 Å². The van der Waals surface area contributed by atoms with E-state index in [4.69, 9.17) is 9.84 Å². The van der Waals surface area contributed by atoms with E-state index in [1.165, 1.54) is 6.92 Å². The first-order valence-electron chi connectivity index (χ1n) is 5.24. The van der Waals surface area contributed by atoms with Crippen LogP contribution >= 0.6 is 0 Å². The molecule has 0 spiro atoms. The van der Waals surface area contributed by atoms with Gasteiger partial charge in [0.15, 0.2) is 0 Å². The maximum absolute atomic E-state index is 11.6. The van der Waals surface area contributed by atoms with Crippen molar-refractivity contribution in [2.24, 2.45) is 5.92 Å². The zero-order chi connectivity index (χ0) is 11.3. The number of nitrogens with one attached hydrogen (secondary N) is 1. The molecule has 1 amide bonds. The summed E-state index contributed by atoms with van der Waals surface area (Å²) >= 11 is 0. The zero-order valence-corrected chi connectivity index (χ0v) is 9.03. The highest BCUT2D eigenvalue weighted by atomic mass is 16.5. The van der Waals surface area contributed by atoms with E-state index in [1.54, 1.807) is 0 Å². The van der Waals surface area contributed by atoms with Gasteiger partial charge >= 0.3 is 0 Å². The van der Waals surface area contributed by atoms with Crippen LogP contribution in [0.3, 0.4) is 0 Å². The van der Waals surface area contributed by atoms with E-state index in [9.17, 15) is 9.90 Å². The molecule has 0 radical (unpaired) electrons. The smallest absolute Gasteiger partial charge is 0.223 e. The summed E-state index contributed by atoms with van der Waals surface area (Å²) in [5, 5.41) is 20.9. The largest absolute Gasteiger partial charge is 0.393 e. The number of ether oxygens (including phenoxy) is 1. The van der Waals surface area contributed by atoms with E-state index in [0.717, 1.165) is 12.8 Å². The summed E-state index contributed by atoms with van der Waals surface area (Å²) in [5.41, 5.74) is -1.24. The molecule has 0 aromatic heterocycles. The first-order valence-corrected chi connectivity index (χ1v) is 5.24. The lowest BCUT2D eigenvalue weighted by atomic mass is 9.99. The maximum Gasteiger partial charge on any atom is 0.223 e. The summed E-state index contributed by atoms with van der Waals surface area (Å²) in [6, 6.07) is 0. The van der Waals surface area contributed by atoms with Gasteiger partial charge in [0.25, 0.3) is 0 Å². The summed E-state index contributed by atoms with van der Waals surface area (Å²) in [6.07, 6.45) is 1.46. The van der Waals surface area contributed by atoms with Crippen molar-refractivity contribution >= 4 is 5.91 Å². The van der Waals surface area contributed by atoms with Gasteiger partial charge in [-0.2, -0.15) is 0 Å². The maximum atomic E-state index is 11.6. The van der Waals surface area contributed by atoms with Gasteiger partial charge in [-0.15, -0.1) is 0 Å². The Morgan fingerprint density at radius 1 is 1.53 bits per heavy atom. The Balaban J connectivity index is 2.28. The van der Waals surface area contributed by atoms with Crippen LogP contribution in [0.25, 0.3) is 0 Å². The number of aliphatic hydroxyl groups is 2. The minimum Gasteiger partial charge on any atom is -0.393 e. The lowest BCUT2D eigenvalue weighted by molar-refractivity contribution is -0.129. The number of carbonyl (C=O) groups is 1. The average molecular weight is 217 g/mol. The topological polar surface area (TPSA) is 78.8 Å². The summed E-state index contributed by atoms with van der Waals surface area (Å²) in [6.45, 7) is 2.45. The molecule has 5 heteroatoms. The van der Waals surface area contributed by atoms with E-state index in [-0.39, 0.29) is 25.0 Å². The molecule has 15 heavy (non-hydrogen) atoms. The van der Waals surface area contributed by atoms with E-state index < -0.39 is 5.60 Å². The quantitative estimate of drug-likeness (QED) is 0.580. The number of amides is 1. The van der Waals surface area contributed by atoms with Crippen LogP contribution in [0.5, 0.6) is 0 Å². The summed E-state index contributed by atoms with van der Waals surface area (Å²) in [5.74, 6) is -0.0831. The fourth-order valence-electron chi connectivity index (χ4n) is 1.44. The lowest BCUT2D eigenvalue weighted by Crippen LogP contribution is -2.45. The number of carbonyl (C=O) groups excluding carboxylic acids is 1. The SMILES string of the molecule is CC(O)(CO)CNC(=O)C1CCOCC1. The van der Waals surface area contributed by atoms with Crippen molar-refractivity contribution in [3.05, 3.63) is 0 Å². The summed E-state index contributed by atoms with van der Waals surface area (Å²) in [7, 11) is 0. The van der Waals surface area contributed by atoms with E-state index in [2.05, 4.69) is 5.32 Å². The Morgan fingerprint density at radius 2 is 2.13 bits per heavy atom. The third-order valence-corrected chi connectivity index (χ3v) is 2.58. The molecule has 88 valence electrons. The molecule has 0 aromatic rings. The zero-order valence-electron chi connectivity index (χ0n) is 9.03. The summed E-state index contributed by atoms with van der Waals surface area (Å²) in [4.78, 5) is 11.6. The van der Waals surface area contributed by atoms with Crippen LogP contribution in [0.2, 0.25) is 0 Å². The Labute approximate surface area is 89.4 Å².